The van der Waals surface area contributed by atoms with Crippen LogP contribution >= 0.6 is 0 Å². The molecule has 2 N–H and O–H groups in total. The Labute approximate surface area is 103 Å². The minimum absolute atomic E-state index is 0.00345. The van der Waals surface area contributed by atoms with Crippen molar-refractivity contribution < 1.29 is 9.90 Å². The number of rotatable bonds is 6. The van der Waals surface area contributed by atoms with E-state index < -0.39 is 5.54 Å². The lowest BCUT2D eigenvalue weighted by atomic mass is 9.90. The van der Waals surface area contributed by atoms with Gasteiger partial charge in [0.1, 0.15) is 5.54 Å². The third-order valence-electron chi connectivity index (χ3n) is 3.20. The highest BCUT2D eigenvalue weighted by Crippen LogP contribution is 2.14. The van der Waals surface area contributed by atoms with Crippen LogP contribution in [0.4, 0.5) is 0 Å². The highest BCUT2D eigenvalue weighted by atomic mass is 16.3. The molecule has 0 aromatic heterocycles. The third-order valence-corrected chi connectivity index (χ3v) is 3.20. The van der Waals surface area contributed by atoms with Gasteiger partial charge in [-0.25, -0.2) is 0 Å². The summed E-state index contributed by atoms with van der Waals surface area (Å²) < 4.78 is 0. The third kappa shape index (κ3) is 4.72. The van der Waals surface area contributed by atoms with E-state index in [1.165, 1.54) is 0 Å². The van der Waals surface area contributed by atoms with E-state index in [1.54, 1.807) is 18.9 Å². The van der Waals surface area contributed by atoms with Gasteiger partial charge in [-0.15, -0.1) is 0 Å². The molecule has 0 aliphatic carbocycles. The summed E-state index contributed by atoms with van der Waals surface area (Å²) >= 11 is 0. The number of carbonyl (C=O) groups excluding carboxylic acids is 1. The van der Waals surface area contributed by atoms with Crippen molar-refractivity contribution in [1.29, 1.82) is 5.26 Å². The topological polar surface area (TPSA) is 76.4 Å². The van der Waals surface area contributed by atoms with Crippen LogP contribution in [-0.4, -0.2) is 47.7 Å². The predicted octanol–water partition coefficient (Wildman–Crippen LogP) is 0.353. The lowest BCUT2D eigenvalue weighted by molar-refractivity contribution is -0.124. The first-order valence-corrected chi connectivity index (χ1v) is 5.80. The van der Waals surface area contributed by atoms with Crippen molar-refractivity contribution in [3.8, 4) is 6.07 Å². The molecule has 0 rings (SSSR count). The maximum absolute atomic E-state index is 11.8. The standard InChI is InChI=1S/C12H23N3O2/c1-9(2)12(4,8-13)14-11(17)6-15(5)10(3)7-16/h9-10,16H,6-7H2,1-5H3,(H,14,17). The predicted molar refractivity (Wildman–Crippen MR) is 66.2 cm³/mol. The first kappa shape index (κ1) is 15.9. The minimum atomic E-state index is -0.847. The molecule has 0 aliphatic heterocycles. The first-order chi connectivity index (χ1) is 7.76. The van der Waals surface area contributed by atoms with E-state index in [-0.39, 0.29) is 31.0 Å². The number of aliphatic hydroxyl groups is 1. The fourth-order valence-electron chi connectivity index (χ4n) is 1.15. The molecule has 0 saturated carbocycles. The first-order valence-electron chi connectivity index (χ1n) is 5.80. The van der Waals surface area contributed by atoms with Crippen LogP contribution in [0.2, 0.25) is 0 Å². The average Bonchev–Trinajstić information content (AvgIpc) is 2.26. The summed E-state index contributed by atoms with van der Waals surface area (Å²) in [5.41, 5.74) is -0.847. The van der Waals surface area contributed by atoms with Gasteiger partial charge in [0.15, 0.2) is 0 Å². The van der Waals surface area contributed by atoms with Crippen molar-refractivity contribution in [2.24, 2.45) is 5.92 Å². The van der Waals surface area contributed by atoms with Gasteiger partial charge in [-0.2, -0.15) is 5.26 Å². The van der Waals surface area contributed by atoms with Gasteiger partial charge in [0.05, 0.1) is 19.2 Å². The Hall–Kier alpha value is -1.12. The molecule has 17 heavy (non-hydrogen) atoms. The Kier molecular flexibility index (Phi) is 6.14. The maximum Gasteiger partial charge on any atom is 0.235 e. The molecule has 0 aromatic carbocycles. The van der Waals surface area contributed by atoms with Crippen LogP contribution in [0.25, 0.3) is 0 Å². The number of nitriles is 1. The Morgan fingerprint density at radius 1 is 1.53 bits per heavy atom. The highest BCUT2D eigenvalue weighted by Gasteiger charge is 2.30. The molecule has 2 unspecified atom stereocenters. The van der Waals surface area contributed by atoms with Crippen molar-refractivity contribution in [3.05, 3.63) is 0 Å². The second-order valence-electron chi connectivity index (χ2n) is 4.96. The van der Waals surface area contributed by atoms with E-state index in [1.807, 2.05) is 20.8 Å². The van der Waals surface area contributed by atoms with Crippen LogP contribution in [0.3, 0.4) is 0 Å². The molecular formula is C12H23N3O2. The highest BCUT2D eigenvalue weighted by molar-refractivity contribution is 5.79. The monoisotopic (exact) mass is 241 g/mol. The molecule has 98 valence electrons. The molecule has 1 amide bonds. The van der Waals surface area contributed by atoms with E-state index in [9.17, 15) is 4.79 Å². The zero-order chi connectivity index (χ0) is 13.6. The zero-order valence-corrected chi connectivity index (χ0v) is 11.3. The molecule has 0 heterocycles. The summed E-state index contributed by atoms with van der Waals surface area (Å²) in [5, 5.41) is 20.8. The molecule has 0 bridgehead atoms. The van der Waals surface area contributed by atoms with Gasteiger partial charge in [-0.05, 0) is 26.8 Å². The Balaban J connectivity index is 4.42. The molecule has 5 nitrogen and oxygen atoms in total. The molecule has 0 spiro atoms. The van der Waals surface area contributed by atoms with Gasteiger partial charge in [0.25, 0.3) is 0 Å². The molecule has 0 saturated heterocycles. The van der Waals surface area contributed by atoms with Crippen LogP contribution in [0.1, 0.15) is 27.7 Å². The molecule has 5 heteroatoms. The summed E-state index contributed by atoms with van der Waals surface area (Å²) in [4.78, 5) is 13.5. The van der Waals surface area contributed by atoms with Crippen molar-refractivity contribution in [1.82, 2.24) is 10.2 Å². The molecule has 0 aromatic rings. The number of carbonyl (C=O) groups is 1. The number of nitrogens with zero attached hydrogens (tertiary/aromatic N) is 2. The van der Waals surface area contributed by atoms with Crippen molar-refractivity contribution >= 4 is 5.91 Å². The molecular weight excluding hydrogens is 218 g/mol. The van der Waals surface area contributed by atoms with Crippen molar-refractivity contribution in [3.63, 3.8) is 0 Å². The van der Waals surface area contributed by atoms with Gasteiger partial charge in [-0.1, -0.05) is 13.8 Å². The van der Waals surface area contributed by atoms with Crippen LogP contribution in [0.15, 0.2) is 0 Å². The van der Waals surface area contributed by atoms with Gasteiger partial charge in [0.2, 0.25) is 5.91 Å². The normalized spacial score (nSPS) is 16.4. The molecule has 0 fully saturated rings. The summed E-state index contributed by atoms with van der Waals surface area (Å²) in [5.74, 6) is -0.164. The quantitative estimate of drug-likeness (QED) is 0.703. The second-order valence-corrected chi connectivity index (χ2v) is 4.96. The maximum atomic E-state index is 11.8. The number of aliphatic hydroxyl groups excluding tert-OH is 1. The van der Waals surface area contributed by atoms with Crippen LogP contribution in [0.5, 0.6) is 0 Å². The number of hydrogen-bond donors (Lipinski definition) is 2. The van der Waals surface area contributed by atoms with E-state index in [4.69, 9.17) is 10.4 Å². The van der Waals surface area contributed by atoms with E-state index >= 15 is 0 Å². The van der Waals surface area contributed by atoms with Gasteiger partial charge in [-0.3, -0.25) is 9.69 Å². The Morgan fingerprint density at radius 3 is 2.41 bits per heavy atom. The minimum Gasteiger partial charge on any atom is -0.395 e. The number of hydrogen-bond acceptors (Lipinski definition) is 4. The van der Waals surface area contributed by atoms with E-state index in [0.29, 0.717) is 0 Å². The van der Waals surface area contributed by atoms with Gasteiger partial charge < -0.3 is 10.4 Å². The van der Waals surface area contributed by atoms with Crippen LogP contribution in [-0.2, 0) is 4.79 Å². The number of amides is 1. The van der Waals surface area contributed by atoms with Crippen molar-refractivity contribution in [2.45, 2.75) is 39.3 Å². The molecule has 2 atom stereocenters. The fraction of sp³-hybridized carbons (Fsp3) is 0.833. The van der Waals surface area contributed by atoms with Crippen LogP contribution < -0.4 is 5.32 Å². The summed E-state index contributed by atoms with van der Waals surface area (Å²) in [6, 6.07) is 2.05. The second kappa shape index (κ2) is 6.58. The smallest absolute Gasteiger partial charge is 0.235 e. The lowest BCUT2D eigenvalue weighted by Crippen LogP contribution is -2.52. The van der Waals surface area contributed by atoms with Gasteiger partial charge in [0, 0.05) is 6.04 Å². The fourth-order valence-corrected chi connectivity index (χ4v) is 1.15. The Bertz CT molecular complexity index is 299. The zero-order valence-electron chi connectivity index (χ0n) is 11.3. The van der Waals surface area contributed by atoms with Crippen LogP contribution in [0, 0.1) is 17.2 Å². The average molecular weight is 241 g/mol. The largest absolute Gasteiger partial charge is 0.395 e. The van der Waals surface area contributed by atoms with E-state index in [2.05, 4.69) is 11.4 Å². The number of nitrogens with one attached hydrogen (secondary N) is 1. The Morgan fingerprint density at radius 2 is 2.06 bits per heavy atom. The summed E-state index contributed by atoms with van der Waals surface area (Å²) in [6.07, 6.45) is 0. The lowest BCUT2D eigenvalue weighted by Gasteiger charge is -2.29. The SMILES string of the molecule is CC(CO)N(C)CC(=O)NC(C)(C#N)C(C)C. The van der Waals surface area contributed by atoms with E-state index in [0.717, 1.165) is 0 Å². The molecule has 0 radical (unpaired) electrons. The van der Waals surface area contributed by atoms with Crippen molar-refractivity contribution in [2.75, 3.05) is 20.2 Å². The van der Waals surface area contributed by atoms with Gasteiger partial charge >= 0.3 is 0 Å². The summed E-state index contributed by atoms with van der Waals surface area (Å²) in [7, 11) is 1.76. The number of likely N-dealkylation sites (N-methyl/N-ethyl adjacent to an activating group) is 1. The summed E-state index contributed by atoms with van der Waals surface area (Å²) in [6.45, 7) is 7.51. The molecule has 0 aliphatic rings.